The van der Waals surface area contributed by atoms with Gasteiger partial charge in [-0.1, -0.05) is 35.5 Å². The molecule has 0 radical (unpaired) electrons. The van der Waals surface area contributed by atoms with Gasteiger partial charge >= 0.3 is 0 Å². The molecule has 0 saturated carbocycles. The number of ether oxygens (including phenoxy) is 1. The number of nitrogens with zero attached hydrogens (tertiary/aromatic N) is 2. The van der Waals surface area contributed by atoms with Crippen LogP contribution in [0.25, 0.3) is 11.1 Å². The minimum absolute atomic E-state index is 0.160. The van der Waals surface area contributed by atoms with Gasteiger partial charge in [-0.05, 0) is 25.5 Å². The molecule has 5 heteroatoms. The summed E-state index contributed by atoms with van der Waals surface area (Å²) in [7, 11) is 1.50. The fraction of sp³-hybridized carbons (Fsp3) is 0.222. The molecule has 0 atom stereocenters. The maximum Gasteiger partial charge on any atom is 0.293 e. The average molecular weight is 310 g/mol. The highest BCUT2D eigenvalue weighted by molar-refractivity contribution is 5.68. The lowest BCUT2D eigenvalue weighted by Crippen LogP contribution is -2.21. The van der Waals surface area contributed by atoms with Gasteiger partial charge in [0.2, 0.25) is 0 Å². The summed E-state index contributed by atoms with van der Waals surface area (Å²) < 4.78 is 12.1. The van der Waals surface area contributed by atoms with E-state index in [1.165, 1.54) is 7.11 Å². The lowest BCUT2D eigenvalue weighted by Gasteiger charge is -2.11. The molecule has 0 aliphatic rings. The molecule has 0 spiro atoms. The van der Waals surface area contributed by atoms with Crippen LogP contribution in [0, 0.1) is 13.8 Å². The van der Waals surface area contributed by atoms with Crippen molar-refractivity contribution in [3.63, 3.8) is 0 Å². The van der Waals surface area contributed by atoms with Crippen molar-refractivity contribution in [2.24, 2.45) is 0 Å². The van der Waals surface area contributed by atoms with Crippen molar-refractivity contribution in [1.82, 2.24) is 9.72 Å². The van der Waals surface area contributed by atoms with E-state index in [1.807, 2.05) is 50.4 Å². The van der Waals surface area contributed by atoms with Crippen LogP contribution in [-0.2, 0) is 6.54 Å². The monoisotopic (exact) mass is 310 g/mol. The number of methoxy groups -OCH3 is 1. The van der Waals surface area contributed by atoms with Gasteiger partial charge < -0.3 is 13.8 Å². The van der Waals surface area contributed by atoms with Crippen LogP contribution in [0.15, 0.2) is 51.9 Å². The summed E-state index contributed by atoms with van der Waals surface area (Å²) in [6.45, 7) is 4.21. The molecule has 0 unspecified atom stereocenters. The SMILES string of the molecule is COc1cc(-c2c(C)noc2C)cn(Cc2ccccc2)c1=O. The normalized spacial score (nSPS) is 10.7. The van der Waals surface area contributed by atoms with Crippen molar-refractivity contribution in [1.29, 1.82) is 0 Å². The standard InChI is InChI=1S/C18H18N2O3/c1-12-17(13(2)23-19-12)15-9-16(22-3)18(21)20(11-15)10-14-7-5-4-6-8-14/h4-9,11H,10H2,1-3H3. The van der Waals surface area contributed by atoms with E-state index in [-0.39, 0.29) is 5.56 Å². The maximum atomic E-state index is 12.5. The van der Waals surface area contributed by atoms with Crippen LogP contribution in [0.5, 0.6) is 5.75 Å². The Morgan fingerprint density at radius 1 is 1.22 bits per heavy atom. The summed E-state index contributed by atoms with van der Waals surface area (Å²) in [5.41, 5.74) is 3.42. The number of aryl methyl sites for hydroxylation is 2. The second-order valence-corrected chi connectivity index (χ2v) is 5.41. The molecular weight excluding hydrogens is 292 g/mol. The molecule has 3 aromatic rings. The summed E-state index contributed by atoms with van der Waals surface area (Å²) in [5.74, 6) is 1.02. The van der Waals surface area contributed by atoms with E-state index in [1.54, 1.807) is 10.6 Å². The molecule has 5 nitrogen and oxygen atoms in total. The van der Waals surface area contributed by atoms with Crippen LogP contribution in [-0.4, -0.2) is 16.8 Å². The fourth-order valence-electron chi connectivity index (χ4n) is 2.68. The van der Waals surface area contributed by atoms with E-state index in [0.717, 1.165) is 28.1 Å². The molecule has 0 aliphatic carbocycles. The first kappa shape index (κ1) is 15.1. The lowest BCUT2D eigenvalue weighted by molar-refractivity contribution is 0.393. The molecular formula is C18H18N2O3. The van der Waals surface area contributed by atoms with Gasteiger partial charge in [-0.15, -0.1) is 0 Å². The van der Waals surface area contributed by atoms with Crippen LogP contribution in [0.3, 0.4) is 0 Å². The molecule has 2 aromatic heterocycles. The van der Waals surface area contributed by atoms with Crippen molar-refractivity contribution in [2.45, 2.75) is 20.4 Å². The largest absolute Gasteiger partial charge is 0.491 e. The first-order valence-corrected chi connectivity index (χ1v) is 7.36. The van der Waals surface area contributed by atoms with E-state index in [0.29, 0.717) is 12.3 Å². The minimum atomic E-state index is -0.160. The highest BCUT2D eigenvalue weighted by atomic mass is 16.5. The predicted octanol–water partition coefficient (Wildman–Crippen LogP) is 3.18. The van der Waals surface area contributed by atoms with Crippen molar-refractivity contribution in [3.8, 4) is 16.9 Å². The van der Waals surface area contributed by atoms with E-state index < -0.39 is 0 Å². The summed E-state index contributed by atoms with van der Waals surface area (Å²) >= 11 is 0. The zero-order chi connectivity index (χ0) is 16.4. The Hall–Kier alpha value is -2.82. The summed E-state index contributed by atoms with van der Waals surface area (Å²) in [4.78, 5) is 12.5. The Morgan fingerprint density at radius 2 is 1.96 bits per heavy atom. The first-order chi connectivity index (χ1) is 11.1. The number of aromatic nitrogens is 2. The molecule has 0 aliphatic heterocycles. The third-order valence-electron chi connectivity index (χ3n) is 3.79. The second kappa shape index (κ2) is 6.12. The summed E-state index contributed by atoms with van der Waals surface area (Å²) in [5, 5.41) is 3.98. The Morgan fingerprint density at radius 3 is 2.57 bits per heavy atom. The molecule has 118 valence electrons. The van der Waals surface area contributed by atoms with Gasteiger partial charge in [0.1, 0.15) is 5.76 Å². The van der Waals surface area contributed by atoms with Gasteiger partial charge in [0, 0.05) is 17.3 Å². The van der Waals surface area contributed by atoms with Gasteiger partial charge in [-0.25, -0.2) is 0 Å². The van der Waals surface area contributed by atoms with Gasteiger partial charge in [0.15, 0.2) is 5.75 Å². The molecule has 0 fully saturated rings. The molecule has 0 bridgehead atoms. The Bertz CT molecular complexity index is 860. The van der Waals surface area contributed by atoms with E-state index in [2.05, 4.69) is 5.16 Å². The Labute approximate surface area is 134 Å². The molecule has 0 N–H and O–H groups in total. The zero-order valence-corrected chi connectivity index (χ0v) is 13.4. The second-order valence-electron chi connectivity index (χ2n) is 5.41. The number of benzene rings is 1. The number of pyridine rings is 1. The van der Waals surface area contributed by atoms with Crippen molar-refractivity contribution in [2.75, 3.05) is 7.11 Å². The molecule has 2 heterocycles. The average Bonchev–Trinajstić information content (AvgIpc) is 2.89. The Balaban J connectivity index is 2.13. The van der Waals surface area contributed by atoms with Gasteiger partial charge in [-0.3, -0.25) is 4.79 Å². The van der Waals surface area contributed by atoms with Crippen LogP contribution in [0.1, 0.15) is 17.0 Å². The minimum Gasteiger partial charge on any atom is -0.491 e. The first-order valence-electron chi connectivity index (χ1n) is 7.36. The van der Waals surface area contributed by atoms with Gasteiger partial charge in [0.25, 0.3) is 5.56 Å². The zero-order valence-electron chi connectivity index (χ0n) is 13.4. The van der Waals surface area contributed by atoms with Crippen LogP contribution >= 0.6 is 0 Å². The van der Waals surface area contributed by atoms with E-state index in [9.17, 15) is 4.79 Å². The molecule has 0 saturated heterocycles. The molecule has 0 amide bonds. The number of hydrogen-bond donors (Lipinski definition) is 0. The smallest absolute Gasteiger partial charge is 0.293 e. The van der Waals surface area contributed by atoms with Crippen LogP contribution in [0.4, 0.5) is 0 Å². The molecule has 23 heavy (non-hydrogen) atoms. The van der Waals surface area contributed by atoms with Gasteiger partial charge in [0.05, 0.1) is 19.3 Å². The van der Waals surface area contributed by atoms with Gasteiger partial charge in [-0.2, -0.15) is 0 Å². The van der Waals surface area contributed by atoms with Crippen molar-refractivity contribution >= 4 is 0 Å². The summed E-state index contributed by atoms with van der Waals surface area (Å²) in [6, 6.07) is 11.6. The highest BCUT2D eigenvalue weighted by Crippen LogP contribution is 2.28. The van der Waals surface area contributed by atoms with Crippen molar-refractivity contribution in [3.05, 3.63) is 70.0 Å². The quantitative estimate of drug-likeness (QED) is 0.742. The number of rotatable bonds is 4. The van der Waals surface area contributed by atoms with Crippen molar-refractivity contribution < 1.29 is 9.26 Å². The topological polar surface area (TPSA) is 57.3 Å². The fourth-order valence-corrected chi connectivity index (χ4v) is 2.68. The third kappa shape index (κ3) is 2.90. The predicted molar refractivity (Wildman–Crippen MR) is 87.8 cm³/mol. The summed E-state index contributed by atoms with van der Waals surface area (Å²) in [6.07, 6.45) is 1.82. The van der Waals surface area contributed by atoms with Crippen LogP contribution in [0.2, 0.25) is 0 Å². The van der Waals surface area contributed by atoms with E-state index in [4.69, 9.17) is 9.26 Å². The Kier molecular flexibility index (Phi) is 4.02. The third-order valence-corrected chi connectivity index (χ3v) is 3.79. The molecule has 1 aromatic carbocycles. The molecule has 3 rings (SSSR count). The number of hydrogen-bond acceptors (Lipinski definition) is 4. The maximum absolute atomic E-state index is 12.5. The van der Waals surface area contributed by atoms with E-state index >= 15 is 0 Å². The lowest BCUT2D eigenvalue weighted by atomic mass is 10.1. The highest BCUT2D eigenvalue weighted by Gasteiger charge is 2.15. The van der Waals surface area contributed by atoms with Crippen LogP contribution < -0.4 is 10.3 Å².